The highest BCUT2D eigenvalue weighted by molar-refractivity contribution is 5.80. The zero-order valence-corrected chi connectivity index (χ0v) is 11.7. The molecule has 0 radical (unpaired) electrons. The Morgan fingerprint density at radius 2 is 2.16 bits per heavy atom. The fourth-order valence-electron chi connectivity index (χ4n) is 2.78. The van der Waals surface area contributed by atoms with Gasteiger partial charge >= 0.3 is 0 Å². The van der Waals surface area contributed by atoms with Gasteiger partial charge in [0, 0.05) is 18.6 Å². The zero-order valence-electron chi connectivity index (χ0n) is 11.7. The van der Waals surface area contributed by atoms with Crippen LogP contribution in [0, 0.1) is 0 Å². The van der Waals surface area contributed by atoms with Crippen LogP contribution in [0.1, 0.15) is 45.6 Å². The first-order chi connectivity index (χ1) is 9.13. The van der Waals surface area contributed by atoms with E-state index in [1.807, 2.05) is 18.7 Å². The van der Waals surface area contributed by atoms with Gasteiger partial charge in [0.2, 0.25) is 5.91 Å². The van der Waals surface area contributed by atoms with Crippen LogP contribution in [0.25, 0.3) is 0 Å². The molecule has 1 aliphatic rings. The van der Waals surface area contributed by atoms with Gasteiger partial charge in [-0.2, -0.15) is 5.10 Å². The van der Waals surface area contributed by atoms with E-state index in [4.69, 9.17) is 5.73 Å². The van der Waals surface area contributed by atoms with E-state index >= 15 is 0 Å². The highest BCUT2D eigenvalue weighted by Crippen LogP contribution is 2.24. The highest BCUT2D eigenvalue weighted by Gasteiger charge is 2.29. The number of hydrogen-bond acceptors (Lipinski definition) is 4. The van der Waals surface area contributed by atoms with E-state index in [0.29, 0.717) is 12.1 Å². The average molecular weight is 265 g/mol. The summed E-state index contributed by atoms with van der Waals surface area (Å²) < 4.78 is 1.61. The molecule has 1 fully saturated rings. The van der Waals surface area contributed by atoms with Crippen LogP contribution in [0.4, 0.5) is 0 Å². The summed E-state index contributed by atoms with van der Waals surface area (Å²) in [6, 6.07) is 0.333. The second-order valence-corrected chi connectivity index (χ2v) is 5.24. The molecule has 6 heteroatoms. The van der Waals surface area contributed by atoms with Gasteiger partial charge in [0.05, 0.1) is 0 Å². The molecule has 1 aliphatic carbocycles. The third kappa shape index (κ3) is 3.12. The number of carbonyl (C=O) groups excluding carboxylic acids is 1. The maximum atomic E-state index is 12.6. The minimum atomic E-state index is -0.293. The largest absolute Gasteiger partial charge is 0.338 e. The van der Waals surface area contributed by atoms with Crippen LogP contribution < -0.4 is 5.73 Å². The molecule has 2 N–H and O–H groups in total. The van der Waals surface area contributed by atoms with Crippen molar-refractivity contribution >= 4 is 5.91 Å². The highest BCUT2D eigenvalue weighted by atomic mass is 16.2. The van der Waals surface area contributed by atoms with E-state index in [-0.39, 0.29) is 11.9 Å². The summed E-state index contributed by atoms with van der Waals surface area (Å²) in [6.45, 7) is 4.63. The van der Waals surface area contributed by atoms with E-state index in [1.165, 1.54) is 6.33 Å². The van der Waals surface area contributed by atoms with Crippen LogP contribution in [0.15, 0.2) is 12.7 Å². The van der Waals surface area contributed by atoms with Gasteiger partial charge < -0.3 is 10.6 Å². The van der Waals surface area contributed by atoms with Gasteiger partial charge in [-0.3, -0.25) is 4.79 Å². The monoisotopic (exact) mass is 265 g/mol. The molecule has 1 atom stereocenters. The Kier molecular flexibility index (Phi) is 4.52. The van der Waals surface area contributed by atoms with Crippen molar-refractivity contribution in [2.45, 2.75) is 57.7 Å². The molecule has 6 nitrogen and oxygen atoms in total. The second-order valence-electron chi connectivity index (χ2n) is 5.24. The predicted octanol–water partition coefficient (Wildman–Crippen LogP) is 0.957. The maximum absolute atomic E-state index is 12.6. The third-order valence-corrected chi connectivity index (χ3v) is 4.00. The molecule has 0 aliphatic heterocycles. The summed E-state index contributed by atoms with van der Waals surface area (Å²) in [7, 11) is 0. The molecule has 1 aromatic heterocycles. The molecular formula is C13H23N5O. The lowest BCUT2D eigenvalue weighted by atomic mass is 9.90. The lowest BCUT2D eigenvalue weighted by Gasteiger charge is -2.36. The van der Waals surface area contributed by atoms with E-state index in [0.717, 1.165) is 32.2 Å². The molecule has 1 saturated carbocycles. The van der Waals surface area contributed by atoms with E-state index in [9.17, 15) is 4.79 Å². The van der Waals surface area contributed by atoms with Crippen molar-refractivity contribution in [1.29, 1.82) is 0 Å². The summed E-state index contributed by atoms with van der Waals surface area (Å²) in [5.74, 6) is 0.119. The van der Waals surface area contributed by atoms with Crippen molar-refractivity contribution in [3.63, 3.8) is 0 Å². The van der Waals surface area contributed by atoms with E-state index in [2.05, 4.69) is 10.1 Å². The first kappa shape index (κ1) is 14.0. The number of amides is 1. The zero-order chi connectivity index (χ0) is 13.8. The number of nitrogens with zero attached hydrogens (tertiary/aromatic N) is 4. The van der Waals surface area contributed by atoms with Crippen LogP contribution in [-0.4, -0.2) is 44.2 Å². The molecule has 1 amide bonds. The van der Waals surface area contributed by atoms with Gasteiger partial charge in [-0.05, 0) is 39.5 Å². The van der Waals surface area contributed by atoms with E-state index in [1.54, 1.807) is 11.0 Å². The van der Waals surface area contributed by atoms with Gasteiger partial charge in [0.1, 0.15) is 18.7 Å². The molecule has 1 heterocycles. The molecule has 0 bridgehead atoms. The standard InChI is InChI=1S/C13H23N5O/c1-3-17(12-6-4-11(14)5-7-12)13(19)10(2)18-9-15-8-16-18/h8-12H,3-7,14H2,1-2H3. The third-order valence-electron chi connectivity index (χ3n) is 4.00. The van der Waals surface area contributed by atoms with Gasteiger partial charge in [-0.15, -0.1) is 0 Å². The van der Waals surface area contributed by atoms with Crippen LogP contribution in [-0.2, 0) is 4.79 Å². The first-order valence-electron chi connectivity index (χ1n) is 7.03. The fraction of sp³-hybridized carbons (Fsp3) is 0.769. The lowest BCUT2D eigenvalue weighted by Crippen LogP contribution is -2.46. The molecule has 0 saturated heterocycles. The Balaban J connectivity index is 2.02. The van der Waals surface area contributed by atoms with Gasteiger partial charge in [-0.1, -0.05) is 0 Å². The van der Waals surface area contributed by atoms with Crippen LogP contribution in [0.5, 0.6) is 0 Å². The summed E-state index contributed by atoms with van der Waals surface area (Å²) >= 11 is 0. The number of hydrogen-bond donors (Lipinski definition) is 1. The molecular weight excluding hydrogens is 242 g/mol. The van der Waals surface area contributed by atoms with Crippen molar-refractivity contribution in [1.82, 2.24) is 19.7 Å². The van der Waals surface area contributed by atoms with Crippen LogP contribution in [0.3, 0.4) is 0 Å². The lowest BCUT2D eigenvalue weighted by molar-refractivity contribution is -0.137. The summed E-state index contributed by atoms with van der Waals surface area (Å²) in [5, 5.41) is 4.05. The van der Waals surface area contributed by atoms with Gasteiger partial charge in [0.25, 0.3) is 0 Å². The quantitative estimate of drug-likeness (QED) is 0.879. The predicted molar refractivity (Wildman–Crippen MR) is 72.4 cm³/mol. The SMILES string of the molecule is CCN(C(=O)C(C)n1cncn1)C1CCC(N)CC1. The topological polar surface area (TPSA) is 77.0 Å². The molecule has 1 unspecified atom stereocenters. The van der Waals surface area contributed by atoms with E-state index < -0.39 is 0 Å². The molecule has 1 aromatic rings. The number of aromatic nitrogens is 3. The average Bonchev–Trinajstić information content (AvgIpc) is 2.94. The molecule has 19 heavy (non-hydrogen) atoms. The fourth-order valence-corrected chi connectivity index (χ4v) is 2.78. The Morgan fingerprint density at radius 3 is 2.68 bits per heavy atom. The Bertz CT molecular complexity index is 397. The normalized spacial score (nSPS) is 25.0. The Labute approximate surface area is 114 Å². The van der Waals surface area contributed by atoms with Gasteiger partial charge in [-0.25, -0.2) is 9.67 Å². The summed E-state index contributed by atoms with van der Waals surface area (Å²) in [5.41, 5.74) is 5.93. The number of rotatable bonds is 4. The summed E-state index contributed by atoms with van der Waals surface area (Å²) in [6.07, 6.45) is 7.07. The van der Waals surface area contributed by atoms with Crippen molar-refractivity contribution in [2.24, 2.45) is 5.73 Å². The van der Waals surface area contributed by atoms with Crippen LogP contribution in [0.2, 0.25) is 0 Å². The number of carbonyl (C=O) groups is 1. The van der Waals surface area contributed by atoms with Crippen molar-refractivity contribution in [3.05, 3.63) is 12.7 Å². The second kappa shape index (κ2) is 6.14. The first-order valence-corrected chi connectivity index (χ1v) is 7.03. The summed E-state index contributed by atoms with van der Waals surface area (Å²) in [4.78, 5) is 18.4. The van der Waals surface area contributed by atoms with Gasteiger partial charge in [0.15, 0.2) is 0 Å². The molecule has 0 aromatic carbocycles. The molecule has 2 rings (SSSR count). The molecule has 106 valence electrons. The molecule has 0 spiro atoms. The smallest absolute Gasteiger partial charge is 0.247 e. The number of nitrogens with two attached hydrogens (primary N) is 1. The Morgan fingerprint density at radius 1 is 1.47 bits per heavy atom. The maximum Gasteiger partial charge on any atom is 0.247 e. The van der Waals surface area contributed by atoms with Crippen molar-refractivity contribution in [3.8, 4) is 0 Å². The van der Waals surface area contributed by atoms with Crippen molar-refractivity contribution < 1.29 is 4.79 Å². The van der Waals surface area contributed by atoms with Crippen molar-refractivity contribution in [2.75, 3.05) is 6.54 Å². The van der Waals surface area contributed by atoms with Crippen LogP contribution >= 0.6 is 0 Å². The Hall–Kier alpha value is -1.43. The number of likely N-dealkylation sites (N-methyl/N-ethyl adjacent to an activating group) is 1. The minimum absolute atomic E-state index is 0.119. The minimum Gasteiger partial charge on any atom is -0.338 e.